The highest BCUT2D eigenvalue weighted by molar-refractivity contribution is 5.74. The number of nitrogens with zero attached hydrogens (tertiary/aromatic N) is 1. The van der Waals surface area contributed by atoms with Gasteiger partial charge in [-0.1, -0.05) is 13.8 Å². The number of likely N-dealkylation sites (N-methyl/N-ethyl adjacent to an activating group) is 1. The Morgan fingerprint density at radius 2 is 2.05 bits per heavy atom. The first-order chi connectivity index (χ1) is 9.98. The minimum absolute atomic E-state index is 0.0559. The van der Waals surface area contributed by atoms with Gasteiger partial charge in [0, 0.05) is 32.2 Å². The molecule has 0 radical (unpaired) electrons. The highest BCUT2D eigenvalue weighted by atomic mass is 16.5. The van der Waals surface area contributed by atoms with Crippen molar-refractivity contribution in [3.8, 4) is 0 Å². The fraction of sp³-hybridized carbons (Fsp3) is 0.938. The maximum atomic E-state index is 12.3. The summed E-state index contributed by atoms with van der Waals surface area (Å²) in [6, 6.07) is 0.0889. The second-order valence-electron chi connectivity index (χ2n) is 6.69. The molecule has 2 rings (SSSR count). The smallest absolute Gasteiger partial charge is 0.317 e. The number of aliphatic hydroxyl groups is 1. The molecule has 0 heterocycles. The predicted molar refractivity (Wildman–Crippen MR) is 82.1 cm³/mol. The fourth-order valence-electron chi connectivity index (χ4n) is 3.73. The molecular formula is C16H30N2O3. The maximum absolute atomic E-state index is 12.3. The lowest BCUT2D eigenvalue weighted by Crippen LogP contribution is -2.65. The fourth-order valence-corrected chi connectivity index (χ4v) is 3.73. The molecule has 2 saturated carbocycles. The summed E-state index contributed by atoms with van der Waals surface area (Å²) >= 11 is 0. The summed E-state index contributed by atoms with van der Waals surface area (Å²) in [7, 11) is 3.51. The topological polar surface area (TPSA) is 61.8 Å². The number of carbonyl (C=O) groups excluding carboxylic acids is 1. The Hall–Kier alpha value is -0.810. The van der Waals surface area contributed by atoms with E-state index in [1.807, 2.05) is 0 Å². The van der Waals surface area contributed by atoms with Crippen LogP contribution >= 0.6 is 0 Å². The molecule has 2 aliphatic rings. The number of nitrogens with one attached hydrogen (secondary N) is 1. The molecule has 2 aliphatic carbocycles. The van der Waals surface area contributed by atoms with Gasteiger partial charge in [-0.25, -0.2) is 4.79 Å². The van der Waals surface area contributed by atoms with Crippen molar-refractivity contribution < 1.29 is 14.6 Å². The van der Waals surface area contributed by atoms with Crippen molar-refractivity contribution in [3.63, 3.8) is 0 Å². The van der Waals surface area contributed by atoms with Gasteiger partial charge in [0.25, 0.3) is 0 Å². The molecule has 0 aliphatic heterocycles. The molecule has 3 atom stereocenters. The van der Waals surface area contributed by atoms with Crippen LogP contribution in [0.1, 0.15) is 46.0 Å². The molecule has 122 valence electrons. The summed E-state index contributed by atoms with van der Waals surface area (Å²) in [4.78, 5) is 13.9. The van der Waals surface area contributed by atoms with Gasteiger partial charge in [0.05, 0.1) is 12.2 Å². The summed E-state index contributed by atoms with van der Waals surface area (Å²) < 4.78 is 5.56. The van der Waals surface area contributed by atoms with Crippen LogP contribution < -0.4 is 5.32 Å². The van der Waals surface area contributed by atoms with E-state index in [9.17, 15) is 9.90 Å². The Kier molecular flexibility index (Phi) is 5.15. The van der Waals surface area contributed by atoms with Crippen LogP contribution in [-0.4, -0.2) is 55.0 Å². The summed E-state index contributed by atoms with van der Waals surface area (Å²) in [6.07, 6.45) is 4.91. The van der Waals surface area contributed by atoms with Gasteiger partial charge in [-0.05, 0) is 38.0 Å². The van der Waals surface area contributed by atoms with Crippen molar-refractivity contribution in [1.29, 1.82) is 0 Å². The van der Waals surface area contributed by atoms with Gasteiger partial charge in [0.2, 0.25) is 0 Å². The van der Waals surface area contributed by atoms with Gasteiger partial charge in [0.15, 0.2) is 0 Å². The average molecular weight is 298 g/mol. The lowest BCUT2D eigenvalue weighted by Gasteiger charge is -2.55. The number of urea groups is 1. The zero-order chi connectivity index (χ0) is 15.6. The van der Waals surface area contributed by atoms with Crippen LogP contribution in [0.2, 0.25) is 0 Å². The number of amides is 2. The molecule has 0 spiro atoms. The van der Waals surface area contributed by atoms with Crippen molar-refractivity contribution in [3.05, 3.63) is 0 Å². The molecule has 2 amide bonds. The molecule has 21 heavy (non-hydrogen) atoms. The molecule has 2 N–H and O–H groups in total. The van der Waals surface area contributed by atoms with Crippen molar-refractivity contribution in [2.45, 2.75) is 64.2 Å². The number of aliphatic hydroxyl groups excluding tert-OH is 1. The van der Waals surface area contributed by atoms with E-state index in [1.54, 1.807) is 19.1 Å². The molecule has 3 unspecified atom stereocenters. The number of hydrogen-bond acceptors (Lipinski definition) is 3. The number of ether oxygens (including phenoxy) is 1. The van der Waals surface area contributed by atoms with Crippen molar-refractivity contribution in [2.24, 2.45) is 11.3 Å². The van der Waals surface area contributed by atoms with Crippen molar-refractivity contribution in [1.82, 2.24) is 10.2 Å². The van der Waals surface area contributed by atoms with Gasteiger partial charge < -0.3 is 20.1 Å². The Morgan fingerprint density at radius 1 is 1.43 bits per heavy atom. The van der Waals surface area contributed by atoms with Crippen LogP contribution in [0.25, 0.3) is 0 Å². The minimum atomic E-state index is -0.379. The SMILES string of the molecule is CCC1(CC)C(NC(=O)N(C)CC(O)C2CC2)CC1OC. The van der Waals surface area contributed by atoms with Crippen LogP contribution in [0.15, 0.2) is 0 Å². The van der Waals surface area contributed by atoms with Crippen LogP contribution in [0.5, 0.6) is 0 Å². The first-order valence-electron chi connectivity index (χ1n) is 8.21. The van der Waals surface area contributed by atoms with Crippen molar-refractivity contribution >= 4 is 6.03 Å². The second kappa shape index (κ2) is 6.53. The highest BCUT2D eigenvalue weighted by Gasteiger charge is 2.53. The minimum Gasteiger partial charge on any atom is -0.391 e. The van der Waals surface area contributed by atoms with E-state index in [0.717, 1.165) is 32.1 Å². The van der Waals surface area contributed by atoms with Crippen LogP contribution in [0, 0.1) is 11.3 Å². The van der Waals surface area contributed by atoms with Gasteiger partial charge in [-0.15, -0.1) is 0 Å². The molecule has 0 aromatic heterocycles. The van der Waals surface area contributed by atoms with Gasteiger partial charge in [-0.2, -0.15) is 0 Å². The predicted octanol–water partition coefficient (Wildman–Crippen LogP) is 1.99. The third-order valence-electron chi connectivity index (χ3n) is 5.66. The Bertz CT molecular complexity index is 367. The monoisotopic (exact) mass is 298 g/mol. The number of carbonyl (C=O) groups is 1. The van der Waals surface area contributed by atoms with E-state index in [4.69, 9.17) is 4.74 Å². The zero-order valence-electron chi connectivity index (χ0n) is 13.8. The van der Waals surface area contributed by atoms with E-state index >= 15 is 0 Å². The lowest BCUT2D eigenvalue weighted by molar-refractivity contribution is -0.120. The van der Waals surface area contributed by atoms with Gasteiger partial charge in [-0.3, -0.25) is 0 Å². The van der Waals surface area contributed by atoms with Gasteiger partial charge >= 0.3 is 6.03 Å². The van der Waals surface area contributed by atoms with Crippen LogP contribution in [0.4, 0.5) is 4.79 Å². The average Bonchev–Trinajstić information content (AvgIpc) is 3.28. The summed E-state index contributed by atoms with van der Waals surface area (Å²) in [5.74, 6) is 0.396. The third kappa shape index (κ3) is 3.19. The molecule has 0 saturated heterocycles. The van der Waals surface area contributed by atoms with Crippen LogP contribution in [-0.2, 0) is 4.74 Å². The zero-order valence-corrected chi connectivity index (χ0v) is 13.8. The van der Waals surface area contributed by atoms with Gasteiger partial charge in [0.1, 0.15) is 0 Å². The molecule has 5 heteroatoms. The maximum Gasteiger partial charge on any atom is 0.317 e. The Morgan fingerprint density at radius 3 is 2.52 bits per heavy atom. The molecule has 0 bridgehead atoms. The Labute approximate surface area is 128 Å². The first kappa shape index (κ1) is 16.6. The first-order valence-corrected chi connectivity index (χ1v) is 8.21. The standard InChI is InChI=1S/C16H30N2O3/c1-5-16(6-2)13(9-14(16)21-4)17-15(20)18(3)10-12(19)11-7-8-11/h11-14,19H,5-10H2,1-4H3,(H,17,20). The van der Waals surface area contributed by atoms with E-state index in [1.165, 1.54) is 0 Å². The molecule has 0 aromatic carbocycles. The molecular weight excluding hydrogens is 268 g/mol. The molecule has 5 nitrogen and oxygen atoms in total. The largest absolute Gasteiger partial charge is 0.391 e. The number of rotatable bonds is 7. The molecule has 2 fully saturated rings. The van der Waals surface area contributed by atoms with E-state index in [0.29, 0.717) is 12.5 Å². The number of methoxy groups -OCH3 is 1. The normalized spacial score (nSPS) is 28.6. The van der Waals surface area contributed by atoms with E-state index in [2.05, 4.69) is 19.2 Å². The summed E-state index contributed by atoms with van der Waals surface area (Å²) in [6.45, 7) is 4.74. The number of hydrogen-bond donors (Lipinski definition) is 2. The quantitative estimate of drug-likeness (QED) is 0.755. The highest BCUT2D eigenvalue weighted by Crippen LogP contribution is 2.48. The van der Waals surface area contributed by atoms with Crippen molar-refractivity contribution in [2.75, 3.05) is 20.7 Å². The molecule has 0 aromatic rings. The van der Waals surface area contributed by atoms with Crippen LogP contribution in [0.3, 0.4) is 0 Å². The third-order valence-corrected chi connectivity index (χ3v) is 5.66. The second-order valence-corrected chi connectivity index (χ2v) is 6.69. The summed E-state index contributed by atoms with van der Waals surface area (Å²) in [5.41, 5.74) is 0.0559. The lowest BCUT2D eigenvalue weighted by atomic mass is 9.58. The van der Waals surface area contributed by atoms with E-state index in [-0.39, 0.29) is 29.7 Å². The Balaban J connectivity index is 1.86. The summed E-state index contributed by atoms with van der Waals surface area (Å²) in [5, 5.41) is 13.1. The van der Waals surface area contributed by atoms with E-state index < -0.39 is 0 Å².